The molecule has 0 bridgehead atoms. The molecule has 1 aromatic carbocycles. The summed E-state index contributed by atoms with van der Waals surface area (Å²) in [5.74, 6) is 3.35. The number of hydrogen-bond acceptors (Lipinski definition) is 5. The molecular weight excluding hydrogens is 452 g/mol. The standard InChI is InChI=1S/C28H40N6S/c1-22-11-10-18-34(20-22)25-19-24(33-16-8-3-9-17-33)30-26(31-25)32-27(35)29-21-28(14-6-7-15-28)23-12-4-2-5-13-23/h2,4-5,12-13,19,22H,3,6-11,14-18,20-21H2,1H3,(H2,29,30,31,32,35). The van der Waals surface area contributed by atoms with Crippen LogP contribution >= 0.6 is 12.2 Å². The van der Waals surface area contributed by atoms with Gasteiger partial charge in [-0.1, -0.05) is 50.1 Å². The summed E-state index contributed by atoms with van der Waals surface area (Å²) in [6.45, 7) is 7.41. The van der Waals surface area contributed by atoms with E-state index in [1.54, 1.807) is 0 Å². The summed E-state index contributed by atoms with van der Waals surface area (Å²) >= 11 is 5.76. The summed E-state index contributed by atoms with van der Waals surface area (Å²) in [6, 6.07) is 13.1. The van der Waals surface area contributed by atoms with Gasteiger partial charge in [-0.2, -0.15) is 9.97 Å². The molecule has 3 heterocycles. The first-order chi connectivity index (χ1) is 17.1. The van der Waals surface area contributed by atoms with Crippen LogP contribution in [-0.4, -0.2) is 47.8 Å². The zero-order valence-electron chi connectivity index (χ0n) is 21.1. The molecule has 1 atom stereocenters. The average molecular weight is 493 g/mol. The van der Waals surface area contributed by atoms with Gasteiger partial charge < -0.3 is 20.4 Å². The van der Waals surface area contributed by atoms with Crippen LogP contribution in [0.2, 0.25) is 0 Å². The third-order valence-electron chi connectivity index (χ3n) is 8.12. The summed E-state index contributed by atoms with van der Waals surface area (Å²) < 4.78 is 0. The van der Waals surface area contributed by atoms with Crippen molar-refractivity contribution >= 4 is 34.9 Å². The van der Waals surface area contributed by atoms with E-state index >= 15 is 0 Å². The summed E-state index contributed by atoms with van der Waals surface area (Å²) in [7, 11) is 0. The van der Waals surface area contributed by atoms with E-state index in [2.05, 4.69) is 63.8 Å². The van der Waals surface area contributed by atoms with Gasteiger partial charge in [0.15, 0.2) is 5.11 Å². The molecule has 7 heteroatoms. The lowest BCUT2D eigenvalue weighted by molar-refractivity contribution is 0.435. The van der Waals surface area contributed by atoms with E-state index in [0.717, 1.165) is 44.4 Å². The molecule has 1 saturated carbocycles. The van der Waals surface area contributed by atoms with Gasteiger partial charge in [-0.05, 0) is 68.6 Å². The van der Waals surface area contributed by atoms with Crippen molar-refractivity contribution in [3.8, 4) is 0 Å². The third kappa shape index (κ3) is 5.88. The number of anilines is 3. The number of aromatic nitrogens is 2. The minimum Gasteiger partial charge on any atom is -0.361 e. The largest absolute Gasteiger partial charge is 0.361 e. The van der Waals surface area contributed by atoms with Crippen molar-refractivity contribution in [1.29, 1.82) is 0 Å². The van der Waals surface area contributed by atoms with Crippen LogP contribution < -0.4 is 20.4 Å². The van der Waals surface area contributed by atoms with Crippen LogP contribution in [0.4, 0.5) is 17.6 Å². The van der Waals surface area contributed by atoms with Crippen molar-refractivity contribution in [2.45, 2.75) is 70.1 Å². The molecule has 0 amide bonds. The number of piperidine rings is 2. The Kier molecular flexibility index (Phi) is 7.71. The highest BCUT2D eigenvalue weighted by molar-refractivity contribution is 7.80. The molecule has 1 unspecified atom stereocenters. The smallest absolute Gasteiger partial charge is 0.232 e. The van der Waals surface area contributed by atoms with Crippen LogP contribution in [0.1, 0.15) is 70.3 Å². The van der Waals surface area contributed by atoms with E-state index in [1.165, 1.54) is 63.4 Å². The normalized spacial score (nSPS) is 22.1. The topological polar surface area (TPSA) is 56.3 Å². The van der Waals surface area contributed by atoms with E-state index in [9.17, 15) is 0 Å². The molecule has 0 radical (unpaired) electrons. The Hall–Kier alpha value is -2.41. The summed E-state index contributed by atoms with van der Waals surface area (Å²) in [5.41, 5.74) is 1.57. The first kappa shape index (κ1) is 24.3. The van der Waals surface area contributed by atoms with Crippen LogP contribution in [0, 0.1) is 5.92 Å². The minimum atomic E-state index is 0.151. The highest BCUT2D eigenvalue weighted by Gasteiger charge is 2.35. The fourth-order valence-electron chi connectivity index (χ4n) is 6.13. The van der Waals surface area contributed by atoms with E-state index < -0.39 is 0 Å². The van der Waals surface area contributed by atoms with Gasteiger partial charge in [0.25, 0.3) is 0 Å². The quantitative estimate of drug-likeness (QED) is 0.516. The van der Waals surface area contributed by atoms with Gasteiger partial charge in [0.2, 0.25) is 5.95 Å². The molecule has 3 fully saturated rings. The maximum Gasteiger partial charge on any atom is 0.232 e. The number of hydrogen-bond donors (Lipinski definition) is 2. The first-order valence-corrected chi connectivity index (χ1v) is 14.0. The van der Waals surface area contributed by atoms with Crippen LogP contribution in [-0.2, 0) is 5.41 Å². The molecule has 6 nitrogen and oxygen atoms in total. The zero-order valence-corrected chi connectivity index (χ0v) is 22.0. The van der Waals surface area contributed by atoms with Crippen molar-refractivity contribution in [3.63, 3.8) is 0 Å². The summed E-state index contributed by atoms with van der Waals surface area (Å²) in [4.78, 5) is 14.7. The van der Waals surface area contributed by atoms with Gasteiger partial charge in [0.1, 0.15) is 11.6 Å². The molecule has 5 rings (SSSR count). The first-order valence-electron chi connectivity index (χ1n) is 13.6. The molecule has 188 valence electrons. The highest BCUT2D eigenvalue weighted by atomic mass is 32.1. The second-order valence-electron chi connectivity index (χ2n) is 10.8. The fourth-order valence-corrected chi connectivity index (χ4v) is 6.29. The molecule has 2 aliphatic heterocycles. The predicted molar refractivity (Wildman–Crippen MR) is 150 cm³/mol. The van der Waals surface area contributed by atoms with E-state index in [1.807, 2.05) is 0 Å². The Morgan fingerprint density at radius 3 is 2.34 bits per heavy atom. The Labute approximate surface area is 215 Å². The average Bonchev–Trinajstić information content (AvgIpc) is 3.39. The predicted octanol–water partition coefficient (Wildman–Crippen LogP) is 5.50. The lowest BCUT2D eigenvalue weighted by Crippen LogP contribution is -2.41. The van der Waals surface area contributed by atoms with Crippen molar-refractivity contribution in [1.82, 2.24) is 15.3 Å². The van der Waals surface area contributed by atoms with Crippen molar-refractivity contribution in [2.24, 2.45) is 5.92 Å². The molecule has 1 aliphatic carbocycles. The molecule has 0 spiro atoms. The lowest BCUT2D eigenvalue weighted by atomic mass is 9.79. The monoisotopic (exact) mass is 492 g/mol. The van der Waals surface area contributed by atoms with E-state index in [4.69, 9.17) is 22.2 Å². The van der Waals surface area contributed by atoms with Gasteiger partial charge in [0.05, 0.1) is 0 Å². The van der Waals surface area contributed by atoms with Crippen LogP contribution in [0.15, 0.2) is 36.4 Å². The Balaban J connectivity index is 1.31. The molecular formula is C28H40N6S. The number of thiocarbonyl (C=S) groups is 1. The van der Waals surface area contributed by atoms with Crippen LogP contribution in [0.25, 0.3) is 0 Å². The van der Waals surface area contributed by atoms with Gasteiger partial charge >= 0.3 is 0 Å². The van der Waals surface area contributed by atoms with Gasteiger partial charge in [-0.25, -0.2) is 0 Å². The molecule has 35 heavy (non-hydrogen) atoms. The van der Waals surface area contributed by atoms with Gasteiger partial charge in [-0.3, -0.25) is 0 Å². The van der Waals surface area contributed by atoms with Crippen molar-refractivity contribution in [3.05, 3.63) is 42.0 Å². The molecule has 2 saturated heterocycles. The van der Waals surface area contributed by atoms with Gasteiger partial charge in [0, 0.05) is 44.2 Å². The number of nitrogens with zero attached hydrogens (tertiary/aromatic N) is 4. The highest BCUT2D eigenvalue weighted by Crippen LogP contribution is 2.40. The number of nitrogens with one attached hydrogen (secondary N) is 2. The Morgan fingerprint density at radius 1 is 0.943 bits per heavy atom. The summed E-state index contributed by atoms with van der Waals surface area (Å²) in [6.07, 6.45) is 11.2. The third-order valence-corrected chi connectivity index (χ3v) is 8.37. The molecule has 1 aromatic heterocycles. The Bertz CT molecular complexity index is 984. The molecule has 2 aromatic rings. The second kappa shape index (κ2) is 11.1. The number of benzene rings is 1. The fraction of sp³-hybridized carbons (Fsp3) is 0.607. The second-order valence-corrected chi connectivity index (χ2v) is 11.2. The molecule has 2 N–H and O–H groups in total. The SMILES string of the molecule is CC1CCCN(c2cc(N3CCCCC3)nc(NC(=S)NCC3(c4ccccc4)CCCC3)n2)C1. The van der Waals surface area contributed by atoms with Crippen LogP contribution in [0.3, 0.4) is 0 Å². The zero-order chi connectivity index (χ0) is 24.1. The van der Waals surface area contributed by atoms with Crippen LogP contribution in [0.5, 0.6) is 0 Å². The maximum absolute atomic E-state index is 5.76. The van der Waals surface area contributed by atoms with Crippen molar-refractivity contribution < 1.29 is 0 Å². The number of rotatable bonds is 6. The lowest BCUT2D eigenvalue weighted by Gasteiger charge is -2.34. The van der Waals surface area contributed by atoms with Gasteiger partial charge in [-0.15, -0.1) is 0 Å². The molecule has 3 aliphatic rings. The van der Waals surface area contributed by atoms with Crippen molar-refractivity contribution in [2.75, 3.05) is 47.8 Å². The van der Waals surface area contributed by atoms with E-state index in [-0.39, 0.29) is 5.41 Å². The Morgan fingerprint density at radius 2 is 1.63 bits per heavy atom. The maximum atomic E-state index is 5.76. The summed E-state index contributed by atoms with van der Waals surface area (Å²) in [5, 5.41) is 7.49. The van der Waals surface area contributed by atoms with E-state index in [0.29, 0.717) is 17.0 Å². The minimum absolute atomic E-state index is 0.151.